The van der Waals surface area contributed by atoms with E-state index in [9.17, 15) is 4.79 Å². The number of carbonyl (C=O) groups is 1. The molecule has 0 aromatic rings. The lowest BCUT2D eigenvalue weighted by Crippen LogP contribution is -2.56. The van der Waals surface area contributed by atoms with Gasteiger partial charge in [-0.2, -0.15) is 0 Å². The number of carboxylic acid groups (broad SMARTS) is 1. The summed E-state index contributed by atoms with van der Waals surface area (Å²) in [5.41, 5.74) is -0.0572. The van der Waals surface area contributed by atoms with E-state index in [1.807, 2.05) is 7.05 Å². The van der Waals surface area contributed by atoms with E-state index in [1.165, 1.54) is 0 Å². The molecule has 1 heterocycles. The molecule has 1 unspecified atom stereocenters. The van der Waals surface area contributed by atoms with Crippen LogP contribution in [0.1, 0.15) is 20.3 Å². The Hall–Kier alpha value is -0.610. The molecule has 76 valence electrons. The van der Waals surface area contributed by atoms with Gasteiger partial charge in [0.15, 0.2) is 0 Å². The highest BCUT2D eigenvalue weighted by atomic mass is 16.5. The highest BCUT2D eigenvalue weighted by Gasteiger charge is 2.35. The van der Waals surface area contributed by atoms with Gasteiger partial charge in [-0.3, -0.25) is 9.69 Å². The molecule has 0 aromatic carbocycles. The second-order valence-electron chi connectivity index (χ2n) is 4.19. The topological polar surface area (TPSA) is 49.8 Å². The van der Waals surface area contributed by atoms with E-state index >= 15 is 0 Å². The minimum absolute atomic E-state index is 0.00116. The van der Waals surface area contributed by atoms with Crippen molar-refractivity contribution in [2.24, 2.45) is 0 Å². The fourth-order valence-corrected chi connectivity index (χ4v) is 1.55. The summed E-state index contributed by atoms with van der Waals surface area (Å²) in [7, 11) is 1.95. The van der Waals surface area contributed by atoms with Crippen LogP contribution in [0.3, 0.4) is 0 Å². The standard InChI is InChI=1S/C9H17NO3/c1-9(2)6-13-5-7(10(9)3)4-8(11)12/h7H,4-6H2,1-3H3,(H,11,12). The summed E-state index contributed by atoms with van der Waals surface area (Å²) < 4.78 is 5.36. The summed E-state index contributed by atoms with van der Waals surface area (Å²) in [4.78, 5) is 12.6. The Balaban J connectivity index is 2.60. The Labute approximate surface area is 78.5 Å². The van der Waals surface area contributed by atoms with Crippen LogP contribution in [0.2, 0.25) is 0 Å². The molecule has 1 rings (SSSR count). The first-order chi connectivity index (χ1) is 5.93. The predicted octanol–water partition coefficient (Wildman–Crippen LogP) is 0.570. The molecular weight excluding hydrogens is 170 g/mol. The molecule has 0 aromatic heterocycles. The second-order valence-corrected chi connectivity index (χ2v) is 4.19. The van der Waals surface area contributed by atoms with Crippen LogP contribution in [0.4, 0.5) is 0 Å². The van der Waals surface area contributed by atoms with Crippen LogP contribution in [0.15, 0.2) is 0 Å². The monoisotopic (exact) mass is 187 g/mol. The molecule has 4 nitrogen and oxygen atoms in total. The summed E-state index contributed by atoms with van der Waals surface area (Å²) in [6, 6.07) is 0.00116. The summed E-state index contributed by atoms with van der Waals surface area (Å²) >= 11 is 0. The van der Waals surface area contributed by atoms with Gasteiger partial charge in [0, 0.05) is 11.6 Å². The molecule has 0 radical (unpaired) electrons. The number of nitrogens with zero attached hydrogens (tertiary/aromatic N) is 1. The van der Waals surface area contributed by atoms with Gasteiger partial charge in [-0.05, 0) is 20.9 Å². The zero-order valence-corrected chi connectivity index (χ0v) is 8.41. The van der Waals surface area contributed by atoms with Crippen molar-refractivity contribution in [3.05, 3.63) is 0 Å². The van der Waals surface area contributed by atoms with Crippen molar-refractivity contribution in [2.45, 2.75) is 31.8 Å². The van der Waals surface area contributed by atoms with Gasteiger partial charge in [-0.15, -0.1) is 0 Å². The maximum absolute atomic E-state index is 10.5. The second kappa shape index (κ2) is 3.64. The third kappa shape index (κ3) is 2.42. The third-order valence-corrected chi connectivity index (χ3v) is 2.68. The zero-order valence-electron chi connectivity index (χ0n) is 8.41. The quantitative estimate of drug-likeness (QED) is 0.686. The van der Waals surface area contributed by atoms with Crippen molar-refractivity contribution in [3.63, 3.8) is 0 Å². The van der Waals surface area contributed by atoms with Crippen molar-refractivity contribution in [1.82, 2.24) is 4.90 Å². The number of morpholine rings is 1. The van der Waals surface area contributed by atoms with Crippen LogP contribution in [-0.4, -0.2) is 47.8 Å². The maximum atomic E-state index is 10.5. The molecule has 0 bridgehead atoms. The van der Waals surface area contributed by atoms with E-state index in [0.717, 1.165) is 0 Å². The van der Waals surface area contributed by atoms with Gasteiger partial charge in [0.05, 0.1) is 19.6 Å². The van der Waals surface area contributed by atoms with Crippen molar-refractivity contribution in [1.29, 1.82) is 0 Å². The van der Waals surface area contributed by atoms with Gasteiger partial charge in [-0.1, -0.05) is 0 Å². The van der Waals surface area contributed by atoms with E-state index in [4.69, 9.17) is 9.84 Å². The van der Waals surface area contributed by atoms with E-state index in [0.29, 0.717) is 13.2 Å². The number of likely N-dealkylation sites (N-methyl/N-ethyl adjacent to an activating group) is 1. The minimum atomic E-state index is -0.766. The Morgan fingerprint density at radius 1 is 1.69 bits per heavy atom. The van der Waals surface area contributed by atoms with E-state index in [1.54, 1.807) is 0 Å². The number of hydrogen-bond donors (Lipinski definition) is 1. The van der Waals surface area contributed by atoms with Crippen molar-refractivity contribution in [3.8, 4) is 0 Å². The fraction of sp³-hybridized carbons (Fsp3) is 0.889. The fourth-order valence-electron chi connectivity index (χ4n) is 1.55. The van der Waals surface area contributed by atoms with Gasteiger partial charge < -0.3 is 9.84 Å². The van der Waals surface area contributed by atoms with E-state index in [-0.39, 0.29) is 18.0 Å². The molecule has 1 N–H and O–H groups in total. The largest absolute Gasteiger partial charge is 0.481 e. The summed E-state index contributed by atoms with van der Waals surface area (Å²) in [6.07, 6.45) is 0.153. The van der Waals surface area contributed by atoms with Gasteiger partial charge >= 0.3 is 5.97 Å². The highest BCUT2D eigenvalue weighted by Crippen LogP contribution is 2.22. The molecule has 1 saturated heterocycles. The van der Waals surface area contributed by atoms with Crippen LogP contribution < -0.4 is 0 Å². The molecule has 1 aliphatic rings. The zero-order chi connectivity index (χ0) is 10.1. The molecule has 0 amide bonds. The first-order valence-electron chi connectivity index (χ1n) is 4.46. The van der Waals surface area contributed by atoms with Crippen LogP contribution in [0.25, 0.3) is 0 Å². The Bertz CT molecular complexity index is 203. The van der Waals surface area contributed by atoms with E-state index < -0.39 is 5.97 Å². The van der Waals surface area contributed by atoms with Crippen molar-refractivity contribution in [2.75, 3.05) is 20.3 Å². The normalized spacial score (nSPS) is 28.7. The maximum Gasteiger partial charge on any atom is 0.305 e. The molecule has 13 heavy (non-hydrogen) atoms. The smallest absolute Gasteiger partial charge is 0.305 e. The van der Waals surface area contributed by atoms with Crippen LogP contribution >= 0.6 is 0 Å². The first kappa shape index (κ1) is 10.5. The summed E-state index contributed by atoms with van der Waals surface area (Å²) in [6.45, 7) is 5.30. The predicted molar refractivity (Wildman–Crippen MR) is 48.7 cm³/mol. The van der Waals surface area contributed by atoms with Crippen molar-refractivity contribution >= 4 is 5.97 Å². The molecular formula is C9H17NO3. The SMILES string of the molecule is CN1C(CC(=O)O)COCC1(C)C. The molecule has 0 saturated carbocycles. The summed E-state index contributed by atoms with van der Waals surface area (Å²) in [5.74, 6) is -0.766. The Kier molecular flexibility index (Phi) is 2.93. The van der Waals surface area contributed by atoms with Gasteiger partial charge in [0.1, 0.15) is 0 Å². The van der Waals surface area contributed by atoms with Crippen molar-refractivity contribution < 1.29 is 14.6 Å². The van der Waals surface area contributed by atoms with Crippen LogP contribution in [0.5, 0.6) is 0 Å². The lowest BCUT2D eigenvalue weighted by Gasteiger charge is -2.44. The molecule has 4 heteroatoms. The molecule has 1 aliphatic heterocycles. The number of carboxylic acids is 1. The Morgan fingerprint density at radius 3 is 2.85 bits per heavy atom. The van der Waals surface area contributed by atoms with Gasteiger partial charge in [-0.25, -0.2) is 0 Å². The first-order valence-corrected chi connectivity index (χ1v) is 4.46. The van der Waals surface area contributed by atoms with Crippen LogP contribution in [-0.2, 0) is 9.53 Å². The number of hydrogen-bond acceptors (Lipinski definition) is 3. The number of aliphatic carboxylic acids is 1. The molecule has 1 fully saturated rings. The summed E-state index contributed by atoms with van der Waals surface area (Å²) in [5, 5.41) is 8.67. The van der Waals surface area contributed by atoms with Gasteiger partial charge in [0.2, 0.25) is 0 Å². The van der Waals surface area contributed by atoms with Crippen LogP contribution in [0, 0.1) is 0 Å². The van der Waals surface area contributed by atoms with E-state index in [2.05, 4.69) is 18.7 Å². The van der Waals surface area contributed by atoms with Gasteiger partial charge in [0.25, 0.3) is 0 Å². The average Bonchev–Trinajstić information content (AvgIpc) is 1.98. The minimum Gasteiger partial charge on any atom is -0.481 e. The lowest BCUT2D eigenvalue weighted by atomic mass is 9.99. The number of ether oxygens (including phenoxy) is 1. The molecule has 0 aliphatic carbocycles. The molecule has 1 atom stereocenters. The number of rotatable bonds is 2. The lowest BCUT2D eigenvalue weighted by molar-refractivity contribution is -0.142. The third-order valence-electron chi connectivity index (χ3n) is 2.68. The molecule has 0 spiro atoms. The average molecular weight is 187 g/mol. The Morgan fingerprint density at radius 2 is 2.31 bits per heavy atom. The highest BCUT2D eigenvalue weighted by molar-refractivity contribution is 5.67.